The molecule has 7 nitrogen and oxygen atoms in total. The third kappa shape index (κ3) is 2.95. The number of carbonyl (C=O) groups excluding carboxylic acids is 1. The van der Waals surface area contributed by atoms with E-state index in [2.05, 4.69) is 31.0 Å². The average molecular weight is 522 g/mol. The first kappa shape index (κ1) is 25.0. The molecule has 204 valence electrons. The van der Waals surface area contributed by atoms with Crippen LogP contribution in [0.2, 0.25) is 0 Å². The van der Waals surface area contributed by atoms with E-state index in [0.717, 1.165) is 30.5 Å². The van der Waals surface area contributed by atoms with Crippen LogP contribution in [0.5, 0.6) is 0 Å². The second kappa shape index (κ2) is 8.01. The van der Waals surface area contributed by atoms with Gasteiger partial charge in [0.05, 0.1) is 18.3 Å². The summed E-state index contributed by atoms with van der Waals surface area (Å²) in [4.78, 5) is 15.3. The van der Waals surface area contributed by atoms with Crippen LogP contribution in [0.4, 0.5) is 0 Å². The number of fused-ring (bicyclic) bond motifs is 1. The predicted octanol–water partition coefficient (Wildman–Crippen LogP) is 3.61. The molecular formula is C31H39NO6. The van der Waals surface area contributed by atoms with Crippen LogP contribution in [0.25, 0.3) is 0 Å². The van der Waals surface area contributed by atoms with Gasteiger partial charge >= 0.3 is 5.97 Å². The molecule has 0 radical (unpaired) electrons. The van der Waals surface area contributed by atoms with Gasteiger partial charge in [-0.1, -0.05) is 37.3 Å². The van der Waals surface area contributed by atoms with E-state index in [4.69, 9.17) is 14.2 Å². The molecule has 4 aliphatic carbocycles. The van der Waals surface area contributed by atoms with Gasteiger partial charge in [-0.2, -0.15) is 0 Å². The van der Waals surface area contributed by atoms with Crippen LogP contribution in [0.3, 0.4) is 0 Å². The van der Waals surface area contributed by atoms with Crippen molar-refractivity contribution >= 4 is 5.97 Å². The summed E-state index contributed by atoms with van der Waals surface area (Å²) >= 11 is 0. The lowest BCUT2D eigenvalue weighted by Crippen LogP contribution is -2.79. The molecule has 2 N–H and O–H groups in total. The molecule has 8 rings (SSSR count). The van der Waals surface area contributed by atoms with Crippen LogP contribution in [0.1, 0.15) is 62.7 Å². The zero-order valence-electron chi connectivity index (χ0n) is 22.6. The summed E-state index contributed by atoms with van der Waals surface area (Å²) in [5.41, 5.74) is -0.0371. The van der Waals surface area contributed by atoms with Gasteiger partial charge in [0.1, 0.15) is 17.3 Å². The molecule has 1 aromatic carbocycles. The summed E-state index contributed by atoms with van der Waals surface area (Å²) in [6.07, 6.45) is 7.08. The average Bonchev–Trinajstić information content (AvgIpc) is 3.10. The molecule has 0 amide bonds. The lowest BCUT2D eigenvalue weighted by molar-refractivity contribution is -0.401. The van der Waals surface area contributed by atoms with Gasteiger partial charge in [0.2, 0.25) is 0 Å². The molecule has 3 heterocycles. The van der Waals surface area contributed by atoms with Crippen molar-refractivity contribution in [1.29, 1.82) is 0 Å². The zero-order chi connectivity index (χ0) is 26.6. The number of carbonyl (C=O) groups is 1. The topological polar surface area (TPSA) is 88.5 Å². The first-order chi connectivity index (χ1) is 18.1. The smallest absolute Gasteiger partial charge is 0.338 e. The molecule has 3 saturated heterocycles. The van der Waals surface area contributed by atoms with Crippen LogP contribution in [0.15, 0.2) is 53.6 Å². The standard InChI is InChI=1S/C31H39NO6/c1-20(37-26(34)21-7-5-4-6-8-21)23-11-12-30-24-10-9-22-17-29(35)14-13-27(22,2)31(24,38-29)25(33)18-28(23,30)19-32(3)15-16-36-30/h4-8,10-11,20,22,25,33,35H,9,12-19H2,1-3H3/t20-,22+,25+,27-,28-,29+,30-,31-/m0/s1. The van der Waals surface area contributed by atoms with Crippen LogP contribution < -0.4 is 0 Å². The number of likely N-dealkylation sites (N-methyl/N-ethyl adjacent to an activating group) is 1. The summed E-state index contributed by atoms with van der Waals surface area (Å²) in [5, 5.41) is 23.7. The van der Waals surface area contributed by atoms with Gasteiger partial charge in [-0.15, -0.1) is 0 Å². The lowest BCUT2D eigenvalue weighted by Gasteiger charge is -2.73. The Morgan fingerprint density at radius 1 is 1.18 bits per heavy atom. The first-order valence-electron chi connectivity index (χ1n) is 14.2. The number of aliphatic hydroxyl groups is 2. The van der Waals surface area contributed by atoms with Gasteiger partial charge in [0.15, 0.2) is 5.79 Å². The minimum atomic E-state index is -1.21. The number of benzene rings is 1. The monoisotopic (exact) mass is 521 g/mol. The third-order valence-corrected chi connectivity index (χ3v) is 11.2. The summed E-state index contributed by atoms with van der Waals surface area (Å²) in [6, 6.07) is 9.08. The molecule has 0 aromatic heterocycles. The molecule has 38 heavy (non-hydrogen) atoms. The SMILES string of the molecule is C[C@H](OC(=O)c1ccccc1)C1=CC[C@@]23OCCN(C)C[C@@]12C[C@@H](O)[C@]12O[C@]4(O)CC[C@@]1(C)[C@H](CC=C32)C4. The van der Waals surface area contributed by atoms with Crippen LogP contribution in [0, 0.1) is 16.7 Å². The van der Waals surface area contributed by atoms with Crippen molar-refractivity contribution in [3.63, 3.8) is 0 Å². The summed E-state index contributed by atoms with van der Waals surface area (Å²) < 4.78 is 19.8. The van der Waals surface area contributed by atoms with Crippen molar-refractivity contribution in [2.45, 2.75) is 81.6 Å². The molecule has 4 bridgehead atoms. The Balaban J connectivity index is 1.33. The maximum absolute atomic E-state index is 13.1. The highest BCUT2D eigenvalue weighted by Gasteiger charge is 2.79. The Hall–Kier alpha value is -2.03. The van der Waals surface area contributed by atoms with Gasteiger partial charge in [0, 0.05) is 36.8 Å². The largest absolute Gasteiger partial charge is 0.455 e. The Morgan fingerprint density at radius 2 is 1.97 bits per heavy atom. The highest BCUT2D eigenvalue weighted by molar-refractivity contribution is 5.89. The summed E-state index contributed by atoms with van der Waals surface area (Å²) in [5.74, 6) is -1.31. The zero-order valence-corrected chi connectivity index (χ0v) is 22.6. The lowest BCUT2D eigenvalue weighted by atomic mass is 9.41. The third-order valence-electron chi connectivity index (χ3n) is 11.2. The molecule has 2 saturated carbocycles. The van der Waals surface area contributed by atoms with Crippen molar-refractivity contribution < 1.29 is 29.2 Å². The second-order valence-electron chi connectivity index (χ2n) is 12.9. The number of hydrogen-bond donors (Lipinski definition) is 2. The van der Waals surface area contributed by atoms with E-state index in [1.54, 1.807) is 12.1 Å². The Labute approximate surface area is 224 Å². The number of nitrogens with zero attached hydrogens (tertiary/aromatic N) is 1. The van der Waals surface area contributed by atoms with Gasteiger partial charge in [0.25, 0.3) is 0 Å². The fourth-order valence-electron chi connectivity index (χ4n) is 9.48. The van der Waals surface area contributed by atoms with E-state index in [0.29, 0.717) is 44.4 Å². The number of hydrogen-bond acceptors (Lipinski definition) is 7. The highest BCUT2D eigenvalue weighted by atomic mass is 16.7. The first-order valence-corrected chi connectivity index (χ1v) is 14.2. The number of ether oxygens (including phenoxy) is 3. The number of allylic oxidation sites excluding steroid dienone is 1. The van der Waals surface area contributed by atoms with E-state index in [1.165, 1.54) is 0 Å². The molecule has 7 heteroatoms. The van der Waals surface area contributed by atoms with E-state index in [1.807, 2.05) is 25.1 Å². The molecule has 3 aliphatic heterocycles. The van der Waals surface area contributed by atoms with Crippen molar-refractivity contribution in [3.05, 3.63) is 59.2 Å². The number of rotatable bonds is 3. The normalized spacial score (nSPS) is 46.1. The summed E-state index contributed by atoms with van der Waals surface area (Å²) in [7, 11) is 2.09. The molecule has 1 aromatic rings. The summed E-state index contributed by atoms with van der Waals surface area (Å²) in [6.45, 7) is 6.21. The van der Waals surface area contributed by atoms with E-state index < -0.39 is 34.6 Å². The highest BCUT2D eigenvalue weighted by Crippen LogP contribution is 2.74. The Morgan fingerprint density at radius 3 is 2.76 bits per heavy atom. The fraction of sp³-hybridized carbons (Fsp3) is 0.645. The molecular weight excluding hydrogens is 482 g/mol. The van der Waals surface area contributed by atoms with E-state index >= 15 is 0 Å². The maximum Gasteiger partial charge on any atom is 0.338 e. The van der Waals surface area contributed by atoms with Crippen molar-refractivity contribution in [1.82, 2.24) is 4.90 Å². The van der Waals surface area contributed by atoms with Gasteiger partial charge in [-0.3, -0.25) is 0 Å². The predicted molar refractivity (Wildman–Crippen MR) is 140 cm³/mol. The number of aliphatic hydroxyl groups excluding tert-OH is 1. The van der Waals surface area contributed by atoms with Crippen molar-refractivity contribution in [2.75, 3.05) is 26.7 Å². The molecule has 7 aliphatic rings. The van der Waals surface area contributed by atoms with Gasteiger partial charge in [-0.05, 0) is 68.9 Å². The minimum absolute atomic E-state index is 0.255. The quantitative estimate of drug-likeness (QED) is 0.464. The molecule has 1 spiro atoms. The number of esters is 1. The van der Waals surface area contributed by atoms with Crippen LogP contribution in [-0.4, -0.2) is 77.0 Å². The van der Waals surface area contributed by atoms with E-state index in [9.17, 15) is 15.0 Å². The van der Waals surface area contributed by atoms with Gasteiger partial charge < -0.3 is 29.3 Å². The van der Waals surface area contributed by atoms with Crippen LogP contribution in [-0.2, 0) is 14.2 Å². The maximum atomic E-state index is 13.1. The van der Waals surface area contributed by atoms with Crippen molar-refractivity contribution in [2.24, 2.45) is 16.7 Å². The molecule has 5 fully saturated rings. The Bertz CT molecular complexity index is 1230. The fourth-order valence-corrected chi connectivity index (χ4v) is 9.48. The van der Waals surface area contributed by atoms with Crippen molar-refractivity contribution in [3.8, 4) is 0 Å². The van der Waals surface area contributed by atoms with E-state index in [-0.39, 0.29) is 17.3 Å². The minimum Gasteiger partial charge on any atom is -0.455 e. The molecule has 0 unspecified atom stereocenters. The van der Waals surface area contributed by atoms with Crippen LogP contribution >= 0.6 is 0 Å². The molecule has 8 atom stereocenters. The second-order valence-corrected chi connectivity index (χ2v) is 12.9. The van der Waals surface area contributed by atoms with Gasteiger partial charge in [-0.25, -0.2) is 4.79 Å². The Kier molecular flexibility index (Phi) is 5.27.